The first-order chi connectivity index (χ1) is 14.7. The van der Waals surface area contributed by atoms with Gasteiger partial charge < -0.3 is 9.80 Å². The van der Waals surface area contributed by atoms with Crippen LogP contribution in [0, 0.1) is 0 Å². The Morgan fingerprint density at radius 1 is 1.07 bits per heavy atom. The van der Waals surface area contributed by atoms with Crippen molar-refractivity contribution >= 4 is 44.7 Å². The Morgan fingerprint density at radius 2 is 1.93 bits per heavy atom. The molecule has 1 unspecified atom stereocenters. The summed E-state index contributed by atoms with van der Waals surface area (Å²) in [5, 5.41) is 3.12. The summed E-state index contributed by atoms with van der Waals surface area (Å²) in [4.78, 5) is 35.9. The van der Waals surface area contributed by atoms with Gasteiger partial charge in [-0.15, -0.1) is 22.7 Å². The number of benzene rings is 1. The lowest BCUT2D eigenvalue weighted by Gasteiger charge is -2.35. The maximum Gasteiger partial charge on any atom is 0.223 e. The van der Waals surface area contributed by atoms with Crippen molar-refractivity contribution in [3.63, 3.8) is 0 Å². The lowest BCUT2D eigenvalue weighted by Crippen LogP contribution is -2.40. The summed E-state index contributed by atoms with van der Waals surface area (Å²) < 4.78 is 1.17. The molecular formula is C23H25N3O2S2. The predicted molar refractivity (Wildman–Crippen MR) is 121 cm³/mol. The van der Waals surface area contributed by atoms with E-state index in [1.807, 2.05) is 28.0 Å². The summed E-state index contributed by atoms with van der Waals surface area (Å²) in [6, 6.07) is 10.3. The van der Waals surface area contributed by atoms with Crippen LogP contribution in [0.25, 0.3) is 10.2 Å². The molecule has 2 aliphatic rings. The van der Waals surface area contributed by atoms with Crippen LogP contribution in [-0.2, 0) is 22.6 Å². The third kappa shape index (κ3) is 3.88. The Morgan fingerprint density at radius 3 is 2.83 bits per heavy atom. The highest BCUT2D eigenvalue weighted by atomic mass is 32.1. The van der Waals surface area contributed by atoms with Crippen LogP contribution in [0.15, 0.2) is 35.7 Å². The van der Waals surface area contributed by atoms with Gasteiger partial charge in [-0.2, -0.15) is 0 Å². The number of piperidine rings is 1. The van der Waals surface area contributed by atoms with Gasteiger partial charge in [-0.25, -0.2) is 4.98 Å². The van der Waals surface area contributed by atoms with E-state index in [1.165, 1.54) is 15.1 Å². The van der Waals surface area contributed by atoms with Gasteiger partial charge >= 0.3 is 0 Å². The first kappa shape index (κ1) is 19.7. The van der Waals surface area contributed by atoms with Crippen LogP contribution in [0.3, 0.4) is 0 Å². The van der Waals surface area contributed by atoms with Gasteiger partial charge in [0.05, 0.1) is 16.3 Å². The molecule has 1 aromatic carbocycles. The Labute approximate surface area is 184 Å². The predicted octanol–water partition coefficient (Wildman–Crippen LogP) is 4.78. The second kappa shape index (κ2) is 8.47. The number of rotatable bonds is 4. The summed E-state index contributed by atoms with van der Waals surface area (Å²) in [6.07, 6.45) is 4.59. The molecule has 2 amide bonds. The third-order valence-corrected chi connectivity index (χ3v) is 8.29. The highest BCUT2D eigenvalue weighted by molar-refractivity contribution is 7.18. The SMILES string of the molecule is O=C(CCC(=O)N1CCCCC1c1nc2ccccc2s1)N1CCc2sccc2C1. The molecule has 2 aromatic heterocycles. The number of amides is 2. The number of thiazole rings is 1. The number of thiophene rings is 1. The Hall–Kier alpha value is -2.25. The Kier molecular flexibility index (Phi) is 5.56. The van der Waals surface area contributed by atoms with E-state index >= 15 is 0 Å². The molecule has 5 nitrogen and oxygen atoms in total. The second-order valence-corrected chi connectivity index (χ2v) is 10.1. The van der Waals surface area contributed by atoms with Crippen LogP contribution in [-0.4, -0.2) is 39.7 Å². The van der Waals surface area contributed by atoms with E-state index < -0.39 is 0 Å². The zero-order chi connectivity index (χ0) is 20.5. The number of para-hydroxylation sites is 1. The molecule has 5 rings (SSSR count). The Bertz CT molecular complexity index is 1040. The van der Waals surface area contributed by atoms with Crippen molar-refractivity contribution in [1.29, 1.82) is 0 Å². The summed E-state index contributed by atoms with van der Waals surface area (Å²) in [6.45, 7) is 2.21. The average Bonchev–Trinajstić information content (AvgIpc) is 3.43. The molecular weight excluding hydrogens is 414 g/mol. The van der Waals surface area contributed by atoms with Gasteiger partial charge in [0.2, 0.25) is 11.8 Å². The second-order valence-electron chi connectivity index (χ2n) is 8.05. The number of hydrogen-bond acceptors (Lipinski definition) is 5. The first-order valence-corrected chi connectivity index (χ1v) is 12.4. The molecule has 1 saturated heterocycles. The van der Waals surface area contributed by atoms with Crippen LogP contribution in [0.2, 0.25) is 0 Å². The van der Waals surface area contributed by atoms with Gasteiger partial charge in [-0.3, -0.25) is 9.59 Å². The van der Waals surface area contributed by atoms with E-state index in [9.17, 15) is 9.59 Å². The maximum absolute atomic E-state index is 13.1. The molecule has 0 saturated carbocycles. The number of likely N-dealkylation sites (tertiary alicyclic amines) is 1. The van der Waals surface area contributed by atoms with Crippen molar-refractivity contribution in [1.82, 2.24) is 14.8 Å². The molecule has 2 aliphatic heterocycles. The van der Waals surface area contributed by atoms with Gasteiger partial charge in [0, 0.05) is 37.4 Å². The van der Waals surface area contributed by atoms with Crippen LogP contribution in [0.1, 0.15) is 53.6 Å². The van der Waals surface area contributed by atoms with E-state index in [2.05, 4.69) is 17.5 Å². The molecule has 4 heterocycles. The topological polar surface area (TPSA) is 53.5 Å². The van der Waals surface area contributed by atoms with Crippen molar-refractivity contribution in [2.45, 2.75) is 51.1 Å². The van der Waals surface area contributed by atoms with Crippen LogP contribution < -0.4 is 0 Å². The van der Waals surface area contributed by atoms with E-state index in [-0.39, 0.29) is 24.3 Å². The number of fused-ring (bicyclic) bond motifs is 2. The highest BCUT2D eigenvalue weighted by Gasteiger charge is 2.31. The molecule has 3 aromatic rings. The number of carbonyl (C=O) groups excluding carboxylic acids is 2. The van der Waals surface area contributed by atoms with Crippen molar-refractivity contribution < 1.29 is 9.59 Å². The lowest BCUT2D eigenvalue weighted by molar-refractivity contribution is -0.139. The summed E-state index contributed by atoms with van der Waals surface area (Å²) in [5.74, 6) is 0.175. The molecule has 0 radical (unpaired) electrons. The summed E-state index contributed by atoms with van der Waals surface area (Å²) >= 11 is 3.46. The molecule has 156 valence electrons. The molecule has 0 spiro atoms. The zero-order valence-electron chi connectivity index (χ0n) is 16.9. The fourth-order valence-corrected chi connectivity index (χ4v) is 6.50. The number of aromatic nitrogens is 1. The minimum absolute atomic E-state index is 0.0436. The molecule has 0 N–H and O–H groups in total. The van der Waals surface area contributed by atoms with E-state index in [0.717, 1.165) is 49.3 Å². The van der Waals surface area contributed by atoms with E-state index in [0.29, 0.717) is 13.0 Å². The molecule has 0 aliphatic carbocycles. The molecule has 30 heavy (non-hydrogen) atoms. The quantitative estimate of drug-likeness (QED) is 0.588. The number of carbonyl (C=O) groups is 2. The van der Waals surface area contributed by atoms with Crippen molar-refractivity contribution in [3.8, 4) is 0 Å². The first-order valence-electron chi connectivity index (χ1n) is 10.7. The fraction of sp³-hybridized carbons (Fsp3) is 0.435. The highest BCUT2D eigenvalue weighted by Crippen LogP contribution is 2.36. The van der Waals surface area contributed by atoms with Gasteiger partial charge in [0.15, 0.2) is 0 Å². The average molecular weight is 440 g/mol. The van der Waals surface area contributed by atoms with Gasteiger partial charge in [0.25, 0.3) is 0 Å². The largest absolute Gasteiger partial charge is 0.338 e. The van der Waals surface area contributed by atoms with Crippen LogP contribution in [0.5, 0.6) is 0 Å². The number of hydrogen-bond donors (Lipinski definition) is 0. The van der Waals surface area contributed by atoms with Crippen LogP contribution >= 0.6 is 22.7 Å². The van der Waals surface area contributed by atoms with Gasteiger partial charge in [-0.05, 0) is 54.8 Å². The van der Waals surface area contributed by atoms with Gasteiger partial charge in [0.1, 0.15) is 5.01 Å². The van der Waals surface area contributed by atoms with Crippen molar-refractivity contribution in [2.75, 3.05) is 13.1 Å². The van der Waals surface area contributed by atoms with Crippen LogP contribution in [0.4, 0.5) is 0 Å². The lowest BCUT2D eigenvalue weighted by atomic mass is 10.0. The van der Waals surface area contributed by atoms with Crippen molar-refractivity contribution in [3.05, 3.63) is 51.2 Å². The fourth-order valence-electron chi connectivity index (χ4n) is 4.50. The molecule has 1 atom stereocenters. The smallest absolute Gasteiger partial charge is 0.223 e. The maximum atomic E-state index is 13.1. The van der Waals surface area contributed by atoms with Gasteiger partial charge in [-0.1, -0.05) is 12.1 Å². The minimum Gasteiger partial charge on any atom is -0.338 e. The molecule has 0 bridgehead atoms. The normalized spacial score (nSPS) is 19.1. The summed E-state index contributed by atoms with van der Waals surface area (Å²) in [7, 11) is 0. The summed E-state index contributed by atoms with van der Waals surface area (Å²) in [5.41, 5.74) is 2.27. The number of nitrogens with zero attached hydrogens (tertiary/aromatic N) is 3. The molecule has 7 heteroatoms. The zero-order valence-corrected chi connectivity index (χ0v) is 18.5. The third-order valence-electron chi connectivity index (χ3n) is 6.13. The standard InChI is InChI=1S/C23H25N3O2S2/c27-21(25-13-10-19-16(15-25)11-14-29-19)8-9-22(28)26-12-4-3-6-18(26)23-24-17-5-1-2-7-20(17)30-23/h1-2,5,7,11,14,18H,3-4,6,8-10,12-13,15H2. The van der Waals surface area contributed by atoms with E-state index in [1.54, 1.807) is 22.7 Å². The van der Waals surface area contributed by atoms with E-state index in [4.69, 9.17) is 4.98 Å². The Balaban J connectivity index is 1.23. The molecule has 1 fully saturated rings. The minimum atomic E-state index is 0.0436. The monoisotopic (exact) mass is 439 g/mol. The van der Waals surface area contributed by atoms with Crippen molar-refractivity contribution in [2.24, 2.45) is 0 Å².